The van der Waals surface area contributed by atoms with Gasteiger partial charge in [0.05, 0.1) is 0 Å². The fourth-order valence-electron chi connectivity index (χ4n) is 2.18. The second-order valence-electron chi connectivity index (χ2n) is 4.55. The van der Waals surface area contributed by atoms with Crippen LogP contribution in [-0.4, -0.2) is 6.79 Å². The maximum absolute atomic E-state index is 13.1. The van der Waals surface area contributed by atoms with Crippen LogP contribution in [0.4, 0.5) is 4.39 Å². The Bertz CT molecular complexity index is 600. The maximum atomic E-state index is 13.1. The van der Waals surface area contributed by atoms with E-state index >= 15 is 0 Å². The lowest BCUT2D eigenvalue weighted by Gasteiger charge is -2.12. The number of fused-ring (bicyclic) bond motifs is 1. The number of rotatable bonds is 3. The highest BCUT2D eigenvalue weighted by Crippen LogP contribution is 2.34. The molecule has 19 heavy (non-hydrogen) atoms. The summed E-state index contributed by atoms with van der Waals surface area (Å²) in [4.78, 5) is 0. The molecule has 1 heterocycles. The van der Waals surface area contributed by atoms with Gasteiger partial charge in [-0.1, -0.05) is 18.2 Å². The van der Waals surface area contributed by atoms with Crippen LogP contribution < -0.4 is 15.2 Å². The fraction of sp³-hybridized carbons (Fsp3) is 0.200. The van der Waals surface area contributed by atoms with E-state index in [1.807, 2.05) is 24.3 Å². The van der Waals surface area contributed by atoms with Gasteiger partial charge in [0.1, 0.15) is 5.82 Å². The predicted molar refractivity (Wildman–Crippen MR) is 69.6 cm³/mol. The zero-order valence-corrected chi connectivity index (χ0v) is 10.3. The fourth-order valence-corrected chi connectivity index (χ4v) is 2.18. The van der Waals surface area contributed by atoms with Gasteiger partial charge >= 0.3 is 0 Å². The van der Waals surface area contributed by atoms with Gasteiger partial charge in [-0.05, 0) is 41.8 Å². The van der Waals surface area contributed by atoms with Crippen LogP contribution in [0.15, 0.2) is 42.5 Å². The summed E-state index contributed by atoms with van der Waals surface area (Å²) in [5.41, 5.74) is 7.98. The first-order chi connectivity index (χ1) is 9.22. The van der Waals surface area contributed by atoms with Crippen LogP contribution in [-0.2, 0) is 6.42 Å². The van der Waals surface area contributed by atoms with E-state index in [1.165, 1.54) is 12.1 Å². The molecule has 1 aliphatic rings. The zero-order chi connectivity index (χ0) is 13.2. The van der Waals surface area contributed by atoms with Crippen molar-refractivity contribution in [3.05, 3.63) is 59.4 Å². The van der Waals surface area contributed by atoms with E-state index in [-0.39, 0.29) is 18.7 Å². The van der Waals surface area contributed by atoms with E-state index in [1.54, 1.807) is 6.07 Å². The monoisotopic (exact) mass is 259 g/mol. The third-order valence-electron chi connectivity index (χ3n) is 3.17. The first kappa shape index (κ1) is 12.0. The van der Waals surface area contributed by atoms with E-state index in [0.29, 0.717) is 12.2 Å². The molecule has 0 aliphatic carbocycles. The van der Waals surface area contributed by atoms with Crippen molar-refractivity contribution in [1.29, 1.82) is 0 Å². The van der Waals surface area contributed by atoms with E-state index in [4.69, 9.17) is 15.2 Å². The van der Waals surface area contributed by atoms with Crippen LogP contribution in [0.25, 0.3) is 0 Å². The highest BCUT2D eigenvalue weighted by Gasteiger charge is 2.16. The Labute approximate surface area is 110 Å². The topological polar surface area (TPSA) is 44.5 Å². The highest BCUT2D eigenvalue weighted by molar-refractivity contribution is 5.45. The van der Waals surface area contributed by atoms with Crippen LogP contribution in [0.3, 0.4) is 0 Å². The minimum atomic E-state index is -0.240. The van der Waals surface area contributed by atoms with Crippen LogP contribution >= 0.6 is 0 Å². The van der Waals surface area contributed by atoms with Crippen molar-refractivity contribution in [2.75, 3.05) is 6.79 Å². The van der Waals surface area contributed by atoms with Gasteiger partial charge in [0, 0.05) is 6.04 Å². The second-order valence-corrected chi connectivity index (χ2v) is 4.55. The first-order valence-electron chi connectivity index (χ1n) is 6.12. The van der Waals surface area contributed by atoms with E-state index in [2.05, 4.69) is 0 Å². The molecule has 3 rings (SSSR count). The molecule has 2 N–H and O–H groups in total. The Balaban J connectivity index is 1.78. The van der Waals surface area contributed by atoms with Crippen molar-refractivity contribution in [2.45, 2.75) is 12.5 Å². The zero-order valence-electron chi connectivity index (χ0n) is 10.3. The Morgan fingerprint density at radius 3 is 2.79 bits per heavy atom. The van der Waals surface area contributed by atoms with Crippen molar-refractivity contribution in [1.82, 2.24) is 0 Å². The standard InChI is InChI=1S/C15H14FNO2/c16-12-3-1-2-10(6-12)7-13(17)11-4-5-14-15(8-11)19-9-18-14/h1-6,8,13H,7,9,17H2. The molecule has 4 heteroatoms. The summed E-state index contributed by atoms with van der Waals surface area (Å²) >= 11 is 0. The van der Waals surface area contributed by atoms with Crippen molar-refractivity contribution in [3.8, 4) is 11.5 Å². The molecular formula is C15H14FNO2. The number of hydrogen-bond donors (Lipinski definition) is 1. The smallest absolute Gasteiger partial charge is 0.231 e. The molecule has 0 aromatic heterocycles. The van der Waals surface area contributed by atoms with Crippen LogP contribution in [0.1, 0.15) is 17.2 Å². The number of benzene rings is 2. The van der Waals surface area contributed by atoms with E-state index in [0.717, 1.165) is 16.9 Å². The molecular weight excluding hydrogens is 245 g/mol. The third kappa shape index (κ3) is 2.53. The van der Waals surface area contributed by atoms with Gasteiger partial charge in [-0.3, -0.25) is 0 Å². The molecule has 3 nitrogen and oxygen atoms in total. The summed E-state index contributed by atoms with van der Waals surface area (Å²) in [6, 6.07) is 11.9. The molecule has 0 fully saturated rings. The van der Waals surface area contributed by atoms with Crippen LogP contribution in [0.2, 0.25) is 0 Å². The number of halogens is 1. The molecule has 98 valence electrons. The summed E-state index contributed by atoms with van der Waals surface area (Å²) < 4.78 is 23.7. The lowest BCUT2D eigenvalue weighted by atomic mass is 9.99. The number of nitrogens with two attached hydrogens (primary N) is 1. The average molecular weight is 259 g/mol. The molecule has 0 spiro atoms. The van der Waals surface area contributed by atoms with Crippen molar-refractivity contribution < 1.29 is 13.9 Å². The van der Waals surface area contributed by atoms with Gasteiger partial charge in [-0.2, -0.15) is 0 Å². The molecule has 0 bridgehead atoms. The third-order valence-corrected chi connectivity index (χ3v) is 3.17. The van der Waals surface area contributed by atoms with Crippen molar-refractivity contribution >= 4 is 0 Å². The predicted octanol–water partition coefficient (Wildman–Crippen LogP) is 2.80. The second kappa shape index (κ2) is 4.90. The number of ether oxygens (including phenoxy) is 2. The van der Waals surface area contributed by atoms with Crippen LogP contribution in [0, 0.1) is 5.82 Å². The molecule has 2 aromatic carbocycles. The molecule has 2 aromatic rings. The Morgan fingerprint density at radius 1 is 1.11 bits per heavy atom. The largest absolute Gasteiger partial charge is 0.454 e. The summed E-state index contributed by atoms with van der Waals surface area (Å²) in [6.45, 7) is 0.248. The Kier molecular flexibility index (Phi) is 3.09. The lowest BCUT2D eigenvalue weighted by Crippen LogP contribution is -2.13. The quantitative estimate of drug-likeness (QED) is 0.921. The molecule has 0 amide bonds. The summed E-state index contributed by atoms with van der Waals surface area (Å²) in [5, 5.41) is 0. The minimum Gasteiger partial charge on any atom is -0.454 e. The molecule has 0 saturated carbocycles. The van der Waals surface area contributed by atoms with Gasteiger partial charge in [-0.15, -0.1) is 0 Å². The number of hydrogen-bond acceptors (Lipinski definition) is 3. The molecule has 0 saturated heterocycles. The Morgan fingerprint density at radius 2 is 1.95 bits per heavy atom. The van der Waals surface area contributed by atoms with Gasteiger partial charge in [0.25, 0.3) is 0 Å². The minimum absolute atomic E-state index is 0.198. The molecule has 1 aliphatic heterocycles. The van der Waals surface area contributed by atoms with Crippen molar-refractivity contribution in [2.24, 2.45) is 5.73 Å². The van der Waals surface area contributed by atoms with E-state index < -0.39 is 0 Å². The first-order valence-corrected chi connectivity index (χ1v) is 6.12. The van der Waals surface area contributed by atoms with Gasteiger partial charge in [0.2, 0.25) is 6.79 Å². The SMILES string of the molecule is NC(Cc1cccc(F)c1)c1ccc2c(c1)OCO2. The normalized spacial score (nSPS) is 14.4. The van der Waals surface area contributed by atoms with Crippen molar-refractivity contribution in [3.63, 3.8) is 0 Å². The Hall–Kier alpha value is -2.07. The molecule has 1 atom stereocenters. The highest BCUT2D eigenvalue weighted by atomic mass is 19.1. The van der Waals surface area contributed by atoms with E-state index in [9.17, 15) is 4.39 Å². The van der Waals surface area contributed by atoms with Gasteiger partial charge in [0.15, 0.2) is 11.5 Å². The summed E-state index contributed by atoms with van der Waals surface area (Å²) in [6.07, 6.45) is 0.581. The maximum Gasteiger partial charge on any atom is 0.231 e. The summed E-state index contributed by atoms with van der Waals surface area (Å²) in [7, 11) is 0. The average Bonchev–Trinajstić information content (AvgIpc) is 2.85. The summed E-state index contributed by atoms with van der Waals surface area (Å²) in [5.74, 6) is 1.21. The lowest BCUT2D eigenvalue weighted by molar-refractivity contribution is 0.174. The van der Waals surface area contributed by atoms with Crippen LogP contribution in [0.5, 0.6) is 11.5 Å². The molecule has 1 unspecified atom stereocenters. The van der Waals surface area contributed by atoms with Gasteiger partial charge < -0.3 is 15.2 Å². The molecule has 0 radical (unpaired) electrons. The van der Waals surface area contributed by atoms with Gasteiger partial charge in [-0.25, -0.2) is 4.39 Å².